The van der Waals surface area contributed by atoms with Crippen LogP contribution >= 0.6 is 27.3 Å². The Morgan fingerprint density at radius 2 is 1.89 bits per heavy atom. The maximum absolute atomic E-state index is 13.1. The van der Waals surface area contributed by atoms with Crippen LogP contribution in [-0.4, -0.2) is 5.78 Å². The number of hydrogen-bond acceptors (Lipinski definition) is 3. The summed E-state index contributed by atoms with van der Waals surface area (Å²) in [5, 5.41) is 10.7. The third kappa shape index (κ3) is 3.06. The lowest BCUT2D eigenvalue weighted by Gasteiger charge is -2.07. The molecule has 0 radical (unpaired) electrons. The van der Waals surface area contributed by atoms with Gasteiger partial charge in [-0.3, -0.25) is 4.79 Å². The summed E-state index contributed by atoms with van der Waals surface area (Å²) >= 11 is 4.51. The topological polar surface area (TPSA) is 40.9 Å². The van der Waals surface area contributed by atoms with Crippen LogP contribution in [0.4, 0.5) is 8.78 Å². The molecule has 1 atom stereocenters. The Morgan fingerprint density at radius 1 is 1.26 bits per heavy atom. The number of benzene rings is 1. The molecule has 0 aliphatic carbocycles. The zero-order valence-corrected chi connectivity index (χ0v) is 11.8. The molecule has 1 aromatic heterocycles. The first-order chi connectivity index (χ1) is 9.01. The minimum atomic E-state index is -1.22. The number of carbonyl (C=O) groups excluding carboxylic acids is 1. The van der Waals surface area contributed by atoms with Crippen molar-refractivity contribution in [3.63, 3.8) is 0 Å². The standard InChI is InChI=1S/C13H6BrF2NOS/c14-12-3-8(6-19-12)13(18)11(5-17)7-1-9(15)4-10(16)2-7/h1-4,6,11H. The number of rotatable bonds is 3. The molecule has 19 heavy (non-hydrogen) atoms. The van der Waals surface area contributed by atoms with E-state index in [1.165, 1.54) is 11.3 Å². The lowest BCUT2D eigenvalue weighted by atomic mass is 9.93. The summed E-state index contributed by atoms with van der Waals surface area (Å²) in [7, 11) is 0. The molecule has 0 aliphatic heterocycles. The Kier molecular flexibility index (Phi) is 4.08. The van der Waals surface area contributed by atoms with Gasteiger partial charge in [0.2, 0.25) is 0 Å². The lowest BCUT2D eigenvalue weighted by molar-refractivity contribution is 0.0979. The zero-order valence-electron chi connectivity index (χ0n) is 9.36. The molecular weight excluding hydrogens is 336 g/mol. The summed E-state index contributed by atoms with van der Waals surface area (Å²) in [6.07, 6.45) is 0. The summed E-state index contributed by atoms with van der Waals surface area (Å²) in [5.74, 6) is -3.31. The van der Waals surface area contributed by atoms with Crippen molar-refractivity contribution in [1.82, 2.24) is 0 Å². The van der Waals surface area contributed by atoms with Gasteiger partial charge in [0.05, 0.1) is 9.86 Å². The van der Waals surface area contributed by atoms with E-state index in [1.807, 2.05) is 0 Å². The maximum Gasteiger partial charge on any atom is 0.185 e. The second kappa shape index (κ2) is 5.59. The normalized spacial score (nSPS) is 11.9. The molecule has 2 aromatic rings. The predicted molar refractivity (Wildman–Crippen MR) is 71.1 cm³/mol. The van der Waals surface area contributed by atoms with E-state index in [4.69, 9.17) is 5.26 Å². The number of nitriles is 1. The lowest BCUT2D eigenvalue weighted by Crippen LogP contribution is -2.11. The van der Waals surface area contributed by atoms with Gasteiger partial charge in [-0.1, -0.05) is 0 Å². The van der Waals surface area contributed by atoms with Crippen LogP contribution in [-0.2, 0) is 0 Å². The van der Waals surface area contributed by atoms with Crippen molar-refractivity contribution in [2.45, 2.75) is 5.92 Å². The van der Waals surface area contributed by atoms with Crippen LogP contribution in [0.2, 0.25) is 0 Å². The van der Waals surface area contributed by atoms with E-state index in [1.54, 1.807) is 17.5 Å². The maximum atomic E-state index is 13.1. The second-order valence-electron chi connectivity index (χ2n) is 3.77. The van der Waals surface area contributed by atoms with Crippen molar-refractivity contribution in [2.24, 2.45) is 0 Å². The van der Waals surface area contributed by atoms with E-state index in [0.717, 1.165) is 15.9 Å². The fourth-order valence-corrected chi connectivity index (χ4v) is 2.78. The Hall–Kier alpha value is -1.58. The Labute approximate surface area is 120 Å². The van der Waals surface area contributed by atoms with E-state index in [2.05, 4.69) is 15.9 Å². The number of halogens is 3. The smallest absolute Gasteiger partial charge is 0.185 e. The fourth-order valence-electron chi connectivity index (χ4n) is 1.63. The highest BCUT2D eigenvalue weighted by atomic mass is 79.9. The van der Waals surface area contributed by atoms with E-state index < -0.39 is 23.3 Å². The van der Waals surface area contributed by atoms with E-state index >= 15 is 0 Å². The van der Waals surface area contributed by atoms with Crippen molar-refractivity contribution in [3.05, 3.63) is 56.2 Å². The molecule has 0 amide bonds. The molecule has 0 saturated carbocycles. The van der Waals surface area contributed by atoms with Crippen molar-refractivity contribution < 1.29 is 13.6 Å². The van der Waals surface area contributed by atoms with Crippen LogP contribution in [0.5, 0.6) is 0 Å². The monoisotopic (exact) mass is 341 g/mol. The van der Waals surface area contributed by atoms with Gasteiger partial charge >= 0.3 is 0 Å². The number of hydrogen-bond donors (Lipinski definition) is 0. The zero-order chi connectivity index (χ0) is 14.0. The predicted octanol–water partition coefficient (Wildman–Crippen LogP) is 4.28. The number of thiophene rings is 1. The van der Waals surface area contributed by atoms with Gasteiger partial charge in [-0.15, -0.1) is 11.3 Å². The molecule has 0 saturated heterocycles. The van der Waals surface area contributed by atoms with Gasteiger partial charge in [0.1, 0.15) is 17.6 Å². The van der Waals surface area contributed by atoms with Gasteiger partial charge in [-0.05, 0) is 39.7 Å². The summed E-state index contributed by atoms with van der Waals surface area (Å²) in [6.45, 7) is 0. The average molecular weight is 342 g/mol. The van der Waals surface area contributed by atoms with Crippen molar-refractivity contribution in [1.29, 1.82) is 5.26 Å². The largest absolute Gasteiger partial charge is 0.292 e. The van der Waals surface area contributed by atoms with E-state index in [9.17, 15) is 13.6 Å². The van der Waals surface area contributed by atoms with Crippen LogP contribution in [0, 0.1) is 23.0 Å². The molecule has 0 fully saturated rings. The highest BCUT2D eigenvalue weighted by Gasteiger charge is 2.23. The van der Waals surface area contributed by atoms with Crippen LogP contribution in [0.25, 0.3) is 0 Å². The molecule has 0 N–H and O–H groups in total. The highest BCUT2D eigenvalue weighted by molar-refractivity contribution is 9.11. The first kappa shape index (κ1) is 13.8. The fraction of sp³-hybridized carbons (Fsp3) is 0.0769. The summed E-state index contributed by atoms with van der Waals surface area (Å²) in [6, 6.07) is 6.05. The van der Waals surface area contributed by atoms with Crippen molar-refractivity contribution in [3.8, 4) is 6.07 Å². The molecule has 1 aromatic carbocycles. The molecule has 96 valence electrons. The average Bonchev–Trinajstić information content (AvgIpc) is 2.75. The Balaban J connectivity index is 2.40. The molecule has 0 spiro atoms. The van der Waals surface area contributed by atoms with Gasteiger partial charge in [0, 0.05) is 17.0 Å². The number of nitrogens with zero attached hydrogens (tertiary/aromatic N) is 1. The van der Waals surface area contributed by atoms with Crippen LogP contribution in [0.1, 0.15) is 21.8 Å². The van der Waals surface area contributed by atoms with Crippen molar-refractivity contribution >= 4 is 33.0 Å². The summed E-state index contributed by atoms with van der Waals surface area (Å²) in [5.41, 5.74) is 0.361. The molecule has 1 heterocycles. The van der Waals surface area contributed by atoms with Gasteiger partial charge in [0.15, 0.2) is 5.78 Å². The quantitative estimate of drug-likeness (QED) is 0.782. The van der Waals surface area contributed by atoms with Gasteiger partial charge in [-0.2, -0.15) is 5.26 Å². The van der Waals surface area contributed by atoms with E-state index in [0.29, 0.717) is 11.6 Å². The van der Waals surface area contributed by atoms with Crippen LogP contribution in [0.15, 0.2) is 33.4 Å². The number of Topliss-reactive ketones (excluding diaryl/α,β-unsaturated/α-hetero) is 1. The molecular formula is C13H6BrF2NOS. The molecule has 1 unspecified atom stereocenters. The minimum Gasteiger partial charge on any atom is -0.292 e. The molecule has 0 aliphatic rings. The Bertz CT molecular complexity index is 657. The molecule has 6 heteroatoms. The van der Waals surface area contributed by atoms with Crippen LogP contribution < -0.4 is 0 Å². The van der Waals surface area contributed by atoms with Gasteiger partial charge in [0.25, 0.3) is 0 Å². The van der Waals surface area contributed by atoms with Gasteiger partial charge in [-0.25, -0.2) is 8.78 Å². The molecule has 2 rings (SSSR count). The molecule has 2 nitrogen and oxygen atoms in total. The van der Waals surface area contributed by atoms with E-state index in [-0.39, 0.29) is 5.56 Å². The minimum absolute atomic E-state index is 0.0207. The third-order valence-electron chi connectivity index (χ3n) is 2.46. The summed E-state index contributed by atoms with van der Waals surface area (Å²) in [4.78, 5) is 12.1. The highest BCUT2D eigenvalue weighted by Crippen LogP contribution is 2.27. The Morgan fingerprint density at radius 3 is 2.37 bits per heavy atom. The number of carbonyl (C=O) groups is 1. The SMILES string of the molecule is N#CC(C(=O)c1csc(Br)c1)c1cc(F)cc(F)c1. The third-order valence-corrected chi connectivity index (χ3v) is 3.97. The first-order valence-electron chi connectivity index (χ1n) is 5.15. The molecule has 0 bridgehead atoms. The van der Waals surface area contributed by atoms with Gasteiger partial charge < -0.3 is 0 Å². The first-order valence-corrected chi connectivity index (χ1v) is 6.82. The second-order valence-corrected chi connectivity index (χ2v) is 6.06. The number of ketones is 1. The summed E-state index contributed by atoms with van der Waals surface area (Å²) < 4.78 is 27.0. The van der Waals surface area contributed by atoms with Crippen LogP contribution in [0.3, 0.4) is 0 Å². The van der Waals surface area contributed by atoms with Crippen molar-refractivity contribution in [2.75, 3.05) is 0 Å².